The van der Waals surface area contributed by atoms with Crippen molar-refractivity contribution in [2.75, 3.05) is 0 Å². The second-order valence-corrected chi connectivity index (χ2v) is 4.21. The zero-order chi connectivity index (χ0) is 12.4. The molecule has 0 aliphatic heterocycles. The van der Waals surface area contributed by atoms with Crippen molar-refractivity contribution in [2.45, 2.75) is 13.8 Å². The first-order valence-electron chi connectivity index (χ1n) is 5.36. The molecule has 0 N–H and O–H groups in total. The molecule has 0 amide bonds. The van der Waals surface area contributed by atoms with Gasteiger partial charge in [-0.3, -0.25) is 0 Å². The monoisotopic (exact) mass is 244 g/mol. The predicted octanol–water partition coefficient (Wildman–Crippen LogP) is 4.06. The molecule has 0 atom stereocenters. The molecular formula is C14H13ClN2. The summed E-state index contributed by atoms with van der Waals surface area (Å²) in [5, 5.41) is 0.428. The predicted molar refractivity (Wildman–Crippen MR) is 72.0 cm³/mol. The number of nitrogens with zero attached hydrogens (tertiary/aromatic N) is 2. The van der Waals surface area contributed by atoms with Crippen molar-refractivity contribution in [3.63, 3.8) is 0 Å². The SMILES string of the molecule is C=Cc1nc(Cl)c(C)nc1-c1ccccc1C. The van der Waals surface area contributed by atoms with Crippen LogP contribution in [0.5, 0.6) is 0 Å². The number of aromatic nitrogens is 2. The maximum Gasteiger partial charge on any atom is 0.150 e. The summed E-state index contributed by atoms with van der Waals surface area (Å²) in [6.45, 7) is 7.66. The van der Waals surface area contributed by atoms with Crippen LogP contribution in [-0.2, 0) is 0 Å². The maximum atomic E-state index is 5.97. The zero-order valence-corrected chi connectivity index (χ0v) is 10.6. The van der Waals surface area contributed by atoms with Crippen LogP contribution in [0, 0.1) is 13.8 Å². The average molecular weight is 245 g/mol. The van der Waals surface area contributed by atoms with Crippen LogP contribution in [0.1, 0.15) is 17.0 Å². The van der Waals surface area contributed by atoms with Crippen LogP contribution in [0.3, 0.4) is 0 Å². The molecule has 17 heavy (non-hydrogen) atoms. The minimum atomic E-state index is 0.428. The number of aryl methyl sites for hydroxylation is 2. The summed E-state index contributed by atoms with van der Waals surface area (Å²) in [4.78, 5) is 8.80. The fraction of sp³-hybridized carbons (Fsp3) is 0.143. The fourth-order valence-corrected chi connectivity index (χ4v) is 1.82. The lowest BCUT2D eigenvalue weighted by Gasteiger charge is -2.09. The highest BCUT2D eigenvalue weighted by Crippen LogP contribution is 2.26. The highest BCUT2D eigenvalue weighted by Gasteiger charge is 2.11. The first kappa shape index (κ1) is 11.8. The van der Waals surface area contributed by atoms with E-state index in [4.69, 9.17) is 11.6 Å². The Bertz CT molecular complexity index is 576. The molecule has 0 unspecified atom stereocenters. The Kier molecular flexibility index (Phi) is 3.25. The Labute approximate surface area is 106 Å². The summed E-state index contributed by atoms with van der Waals surface area (Å²) >= 11 is 5.97. The third-order valence-corrected chi connectivity index (χ3v) is 2.99. The smallest absolute Gasteiger partial charge is 0.150 e. The summed E-state index contributed by atoms with van der Waals surface area (Å²) in [5.74, 6) is 0. The lowest BCUT2D eigenvalue weighted by Crippen LogP contribution is -1.97. The molecule has 0 radical (unpaired) electrons. The topological polar surface area (TPSA) is 25.8 Å². The van der Waals surface area contributed by atoms with E-state index in [9.17, 15) is 0 Å². The summed E-state index contributed by atoms with van der Waals surface area (Å²) in [7, 11) is 0. The van der Waals surface area contributed by atoms with E-state index >= 15 is 0 Å². The normalized spacial score (nSPS) is 10.3. The molecular weight excluding hydrogens is 232 g/mol. The Morgan fingerprint density at radius 1 is 1.18 bits per heavy atom. The lowest BCUT2D eigenvalue weighted by molar-refractivity contribution is 1.11. The highest BCUT2D eigenvalue weighted by molar-refractivity contribution is 6.30. The van der Waals surface area contributed by atoms with Crippen molar-refractivity contribution < 1.29 is 0 Å². The van der Waals surface area contributed by atoms with Gasteiger partial charge >= 0.3 is 0 Å². The van der Waals surface area contributed by atoms with Crippen LogP contribution in [-0.4, -0.2) is 9.97 Å². The second-order valence-electron chi connectivity index (χ2n) is 3.85. The molecule has 2 nitrogen and oxygen atoms in total. The van der Waals surface area contributed by atoms with E-state index in [2.05, 4.69) is 16.5 Å². The van der Waals surface area contributed by atoms with Gasteiger partial charge in [0, 0.05) is 5.56 Å². The van der Waals surface area contributed by atoms with Crippen molar-refractivity contribution >= 4 is 17.7 Å². The third-order valence-electron chi connectivity index (χ3n) is 2.63. The summed E-state index contributed by atoms with van der Waals surface area (Å²) in [6, 6.07) is 8.07. The van der Waals surface area contributed by atoms with Gasteiger partial charge in [-0.05, 0) is 25.5 Å². The number of hydrogen-bond acceptors (Lipinski definition) is 2. The van der Waals surface area contributed by atoms with Gasteiger partial charge in [0.2, 0.25) is 0 Å². The third kappa shape index (κ3) is 2.22. The van der Waals surface area contributed by atoms with Gasteiger partial charge in [-0.2, -0.15) is 0 Å². The lowest BCUT2D eigenvalue weighted by atomic mass is 10.0. The first-order chi connectivity index (χ1) is 8.13. The highest BCUT2D eigenvalue weighted by atomic mass is 35.5. The van der Waals surface area contributed by atoms with Crippen LogP contribution < -0.4 is 0 Å². The molecule has 3 heteroatoms. The number of halogens is 1. The number of rotatable bonds is 2. The molecule has 0 spiro atoms. The minimum Gasteiger partial charge on any atom is -0.248 e. The van der Waals surface area contributed by atoms with E-state index in [0.717, 1.165) is 28.2 Å². The fourth-order valence-electron chi connectivity index (χ4n) is 1.69. The maximum absolute atomic E-state index is 5.97. The Balaban J connectivity index is 2.71. The molecule has 1 aromatic heterocycles. The second kappa shape index (κ2) is 4.68. The Morgan fingerprint density at radius 2 is 1.88 bits per heavy atom. The molecule has 0 bridgehead atoms. The molecule has 86 valence electrons. The molecule has 2 aromatic rings. The molecule has 0 aliphatic carbocycles. The Morgan fingerprint density at radius 3 is 2.53 bits per heavy atom. The molecule has 1 aromatic carbocycles. The van der Waals surface area contributed by atoms with Gasteiger partial charge < -0.3 is 0 Å². The van der Waals surface area contributed by atoms with E-state index in [0.29, 0.717) is 5.15 Å². The van der Waals surface area contributed by atoms with Crippen LogP contribution in [0.2, 0.25) is 5.15 Å². The van der Waals surface area contributed by atoms with Crippen LogP contribution >= 0.6 is 11.6 Å². The van der Waals surface area contributed by atoms with Crippen molar-refractivity contribution in [1.82, 2.24) is 9.97 Å². The van der Waals surface area contributed by atoms with Gasteiger partial charge in [-0.1, -0.05) is 42.4 Å². The Hall–Kier alpha value is -1.67. The van der Waals surface area contributed by atoms with Crippen LogP contribution in [0.25, 0.3) is 17.3 Å². The van der Waals surface area contributed by atoms with E-state index in [1.54, 1.807) is 6.08 Å². The van der Waals surface area contributed by atoms with E-state index in [1.807, 2.05) is 38.1 Å². The van der Waals surface area contributed by atoms with Gasteiger partial charge in [-0.15, -0.1) is 0 Å². The van der Waals surface area contributed by atoms with E-state index in [-0.39, 0.29) is 0 Å². The summed E-state index contributed by atoms with van der Waals surface area (Å²) in [5.41, 5.74) is 4.51. The van der Waals surface area contributed by atoms with Crippen molar-refractivity contribution in [2.24, 2.45) is 0 Å². The van der Waals surface area contributed by atoms with Gasteiger partial charge in [0.15, 0.2) is 5.15 Å². The molecule has 0 saturated carbocycles. The van der Waals surface area contributed by atoms with Crippen molar-refractivity contribution in [3.05, 3.63) is 52.9 Å². The molecule has 2 rings (SSSR count). The van der Waals surface area contributed by atoms with Gasteiger partial charge in [0.05, 0.1) is 17.1 Å². The van der Waals surface area contributed by atoms with Gasteiger partial charge in [0.1, 0.15) is 0 Å². The zero-order valence-electron chi connectivity index (χ0n) is 9.87. The van der Waals surface area contributed by atoms with Crippen LogP contribution in [0.15, 0.2) is 30.8 Å². The van der Waals surface area contributed by atoms with Gasteiger partial charge in [0.25, 0.3) is 0 Å². The first-order valence-corrected chi connectivity index (χ1v) is 5.74. The van der Waals surface area contributed by atoms with E-state index < -0.39 is 0 Å². The average Bonchev–Trinajstić information content (AvgIpc) is 2.33. The largest absolute Gasteiger partial charge is 0.248 e. The quantitative estimate of drug-likeness (QED) is 0.796. The number of benzene rings is 1. The van der Waals surface area contributed by atoms with Crippen LogP contribution in [0.4, 0.5) is 0 Å². The minimum absolute atomic E-state index is 0.428. The van der Waals surface area contributed by atoms with Crippen molar-refractivity contribution in [3.8, 4) is 11.3 Å². The van der Waals surface area contributed by atoms with Gasteiger partial charge in [-0.25, -0.2) is 9.97 Å². The summed E-state index contributed by atoms with van der Waals surface area (Å²) in [6.07, 6.45) is 1.68. The molecule has 0 saturated heterocycles. The standard InChI is InChI=1S/C14H13ClN2/c1-4-12-13(16-10(3)14(15)17-12)11-8-6-5-7-9(11)2/h4-8H,1H2,2-3H3. The summed E-state index contributed by atoms with van der Waals surface area (Å²) < 4.78 is 0. The number of hydrogen-bond donors (Lipinski definition) is 0. The molecule has 0 fully saturated rings. The molecule has 1 heterocycles. The molecule has 0 aliphatic rings. The van der Waals surface area contributed by atoms with Crippen molar-refractivity contribution in [1.29, 1.82) is 0 Å². The van der Waals surface area contributed by atoms with E-state index in [1.165, 1.54) is 0 Å².